The summed E-state index contributed by atoms with van der Waals surface area (Å²) < 4.78 is 118. The van der Waals surface area contributed by atoms with E-state index in [9.17, 15) is 35.2 Å². The van der Waals surface area contributed by atoms with Crippen molar-refractivity contribution in [1.82, 2.24) is 4.90 Å². The van der Waals surface area contributed by atoms with Crippen molar-refractivity contribution in [2.24, 2.45) is 11.8 Å². The van der Waals surface area contributed by atoms with Gasteiger partial charge in [-0.1, -0.05) is 18.2 Å². The first kappa shape index (κ1) is 21.8. The average Bonchev–Trinajstić information content (AvgIpc) is 3.23. The fourth-order valence-corrected chi connectivity index (χ4v) is 8.15. The molecule has 35 heavy (non-hydrogen) atoms. The predicted molar refractivity (Wildman–Crippen MR) is 119 cm³/mol. The number of halogens is 5. The van der Waals surface area contributed by atoms with Crippen LogP contribution in [0.2, 0.25) is 0 Å². The first-order valence-corrected chi connectivity index (χ1v) is 12.5. The van der Waals surface area contributed by atoms with Crippen molar-refractivity contribution in [3.05, 3.63) is 65.0 Å². The Morgan fingerprint density at radius 1 is 1.11 bits per heavy atom. The van der Waals surface area contributed by atoms with E-state index in [2.05, 4.69) is 0 Å². The van der Waals surface area contributed by atoms with Gasteiger partial charge in [-0.15, -0.1) is 0 Å². The highest BCUT2D eigenvalue weighted by Crippen LogP contribution is 2.59. The largest absolute Gasteiger partial charge is 0.426 e. The first-order valence-electron chi connectivity index (χ1n) is 12.5. The van der Waals surface area contributed by atoms with Crippen LogP contribution in [0.15, 0.2) is 47.4 Å². The Labute approximate surface area is 205 Å². The quantitative estimate of drug-likeness (QED) is 0.408. The van der Waals surface area contributed by atoms with E-state index >= 15 is 0 Å². The number of carbonyl (C=O) groups is 1. The average molecular weight is 519 g/mol. The van der Waals surface area contributed by atoms with E-state index in [1.807, 2.05) is 0 Å². The number of rotatable bonds is 4. The predicted octanol–water partition coefficient (Wildman–Crippen LogP) is 5.30. The highest BCUT2D eigenvalue weighted by molar-refractivity contribution is 7.92. The van der Waals surface area contributed by atoms with Gasteiger partial charge in [0.2, 0.25) is 11.6 Å². The lowest BCUT2D eigenvalue weighted by Crippen LogP contribution is -2.47. The van der Waals surface area contributed by atoms with Crippen molar-refractivity contribution in [1.29, 1.82) is 0 Å². The zero-order chi connectivity index (χ0) is 28.5. The van der Waals surface area contributed by atoms with Crippen molar-refractivity contribution in [3.63, 3.8) is 0 Å². The standard InChI is InChI=1S/C25H26F5NO3S/c1-23(27,25(28,29)30)16-5-11-20-15(14-16)4-10-21-19(22(32)31(2)3)12-13-24(20,21)35(33,34)18-8-6-17(26)7-9-18/h5-9,11,14,19,21H,4,10,12-13H2,1-3H3/t19-,21+,23?,24-/m1/s1/i2D3. The van der Waals surface area contributed by atoms with Gasteiger partial charge >= 0.3 is 6.18 Å². The number of alkyl halides is 4. The summed E-state index contributed by atoms with van der Waals surface area (Å²) in [5.74, 6) is -3.35. The number of fused-ring (bicyclic) bond motifs is 3. The van der Waals surface area contributed by atoms with Gasteiger partial charge in [-0.25, -0.2) is 17.2 Å². The third kappa shape index (κ3) is 3.75. The molecule has 1 fully saturated rings. The maximum atomic E-state index is 14.8. The lowest BCUT2D eigenvalue weighted by Gasteiger charge is -2.42. The molecule has 2 aliphatic rings. The molecule has 4 nitrogen and oxygen atoms in total. The maximum Gasteiger partial charge on any atom is 0.426 e. The first-order chi connectivity index (χ1) is 17.4. The van der Waals surface area contributed by atoms with Gasteiger partial charge in [-0.2, -0.15) is 13.2 Å². The van der Waals surface area contributed by atoms with Crippen LogP contribution in [-0.2, 0) is 31.5 Å². The van der Waals surface area contributed by atoms with Crippen LogP contribution in [0.25, 0.3) is 0 Å². The van der Waals surface area contributed by atoms with Gasteiger partial charge in [0, 0.05) is 24.1 Å². The van der Waals surface area contributed by atoms with Crippen molar-refractivity contribution >= 4 is 15.7 Å². The van der Waals surface area contributed by atoms with E-state index in [1.165, 1.54) is 6.07 Å². The van der Waals surface area contributed by atoms with Gasteiger partial charge < -0.3 is 4.90 Å². The summed E-state index contributed by atoms with van der Waals surface area (Å²) in [6, 6.07) is 7.16. The molecule has 10 heteroatoms. The Hall–Kier alpha value is -2.49. The highest BCUT2D eigenvalue weighted by atomic mass is 32.2. The number of aryl methyl sites for hydroxylation is 1. The second kappa shape index (κ2) is 8.28. The molecule has 190 valence electrons. The molecule has 0 aromatic heterocycles. The zero-order valence-corrected chi connectivity index (χ0v) is 19.8. The summed E-state index contributed by atoms with van der Waals surface area (Å²) >= 11 is 0. The van der Waals surface area contributed by atoms with E-state index in [1.54, 1.807) is 0 Å². The minimum Gasteiger partial charge on any atom is -0.349 e. The van der Waals surface area contributed by atoms with Gasteiger partial charge in [0.25, 0.3) is 0 Å². The van der Waals surface area contributed by atoms with Crippen molar-refractivity contribution in [3.8, 4) is 0 Å². The molecule has 4 atom stereocenters. The molecule has 0 bridgehead atoms. The second-order valence-corrected chi connectivity index (χ2v) is 11.6. The zero-order valence-electron chi connectivity index (χ0n) is 22.0. The molecule has 0 aliphatic heterocycles. The molecule has 1 amide bonds. The SMILES string of the molecule is [2H]C([2H])([2H])N(C)C(=O)[C@@H]1CC[C@@]2(S(=O)(=O)c3ccc(F)cc3)c3ccc(C(C)(F)C(F)(F)F)cc3CC[C@@H]12. The molecule has 0 N–H and O–H groups in total. The van der Waals surface area contributed by atoms with Crippen LogP contribution in [-0.4, -0.2) is 39.4 Å². The number of hydrogen-bond acceptors (Lipinski definition) is 3. The molecule has 2 aromatic rings. The van der Waals surface area contributed by atoms with Crippen LogP contribution < -0.4 is 0 Å². The number of hydrogen-bond donors (Lipinski definition) is 0. The molecular formula is C25H26F5NO3S. The molecule has 1 unspecified atom stereocenters. The summed E-state index contributed by atoms with van der Waals surface area (Å²) in [6.45, 7) is -2.37. The number of amides is 1. The van der Waals surface area contributed by atoms with Gasteiger partial charge in [-0.05, 0) is 79.5 Å². The van der Waals surface area contributed by atoms with E-state index in [4.69, 9.17) is 4.11 Å². The molecule has 2 aliphatic carbocycles. The van der Waals surface area contributed by atoms with Crippen molar-refractivity contribution in [2.75, 3.05) is 14.0 Å². The molecule has 1 saturated carbocycles. The monoisotopic (exact) mass is 518 g/mol. The molecule has 0 radical (unpaired) electrons. The van der Waals surface area contributed by atoms with E-state index in [0.717, 1.165) is 43.4 Å². The Bertz CT molecular complexity index is 1360. The van der Waals surface area contributed by atoms with Crippen molar-refractivity contribution in [2.45, 2.75) is 54.1 Å². The van der Waals surface area contributed by atoms with Crippen LogP contribution in [0.3, 0.4) is 0 Å². The third-order valence-electron chi connectivity index (χ3n) is 7.52. The summed E-state index contributed by atoms with van der Waals surface area (Å²) in [6.07, 6.45) is -5.22. The normalized spacial score (nSPS) is 27.6. The summed E-state index contributed by atoms with van der Waals surface area (Å²) in [7, 11) is -3.29. The molecule has 0 spiro atoms. The Morgan fingerprint density at radius 3 is 2.37 bits per heavy atom. The fourth-order valence-electron chi connectivity index (χ4n) is 5.68. The van der Waals surface area contributed by atoms with Gasteiger partial charge in [0.1, 0.15) is 10.6 Å². The summed E-state index contributed by atoms with van der Waals surface area (Å²) in [4.78, 5) is 13.6. The van der Waals surface area contributed by atoms with Crippen LogP contribution in [0, 0.1) is 17.7 Å². The molecular weight excluding hydrogens is 489 g/mol. The van der Waals surface area contributed by atoms with Gasteiger partial charge in [-0.3, -0.25) is 4.79 Å². The molecule has 2 aromatic carbocycles. The van der Waals surface area contributed by atoms with E-state index in [0.29, 0.717) is 11.8 Å². The lowest BCUT2D eigenvalue weighted by molar-refractivity contribution is -0.228. The number of carbonyl (C=O) groups excluding carboxylic acids is 1. The van der Waals surface area contributed by atoms with Crippen LogP contribution in [0.4, 0.5) is 22.0 Å². The third-order valence-corrected chi connectivity index (χ3v) is 10.1. The van der Waals surface area contributed by atoms with E-state index in [-0.39, 0.29) is 41.7 Å². The Kier molecular flexibility index (Phi) is 5.15. The molecule has 0 heterocycles. The minimum absolute atomic E-state index is 0.00884. The van der Waals surface area contributed by atoms with Gasteiger partial charge in [0.15, 0.2) is 9.84 Å². The summed E-state index contributed by atoms with van der Waals surface area (Å²) in [5.41, 5.74) is -4.01. The lowest BCUT2D eigenvalue weighted by atomic mass is 9.72. The minimum atomic E-state index is -5.21. The Morgan fingerprint density at radius 2 is 1.77 bits per heavy atom. The number of benzene rings is 2. The maximum absolute atomic E-state index is 14.8. The summed E-state index contributed by atoms with van der Waals surface area (Å²) in [5, 5.41) is 0. The molecule has 4 rings (SSSR count). The highest BCUT2D eigenvalue weighted by Gasteiger charge is 2.62. The smallest absolute Gasteiger partial charge is 0.349 e. The number of nitrogens with zero attached hydrogens (tertiary/aromatic N) is 1. The van der Waals surface area contributed by atoms with Crippen molar-refractivity contribution < 1.29 is 39.3 Å². The van der Waals surface area contributed by atoms with Gasteiger partial charge in [0.05, 0.1) is 4.90 Å². The van der Waals surface area contributed by atoms with Crippen LogP contribution in [0.5, 0.6) is 0 Å². The molecule has 0 saturated heterocycles. The topological polar surface area (TPSA) is 54.5 Å². The van der Waals surface area contributed by atoms with Crippen LogP contribution in [0.1, 0.15) is 47.0 Å². The fraction of sp³-hybridized carbons (Fsp3) is 0.480. The van der Waals surface area contributed by atoms with Crippen LogP contribution >= 0.6 is 0 Å². The van der Waals surface area contributed by atoms with E-state index < -0.39 is 62.5 Å². The Balaban J connectivity index is 1.92. The second-order valence-electron chi connectivity index (χ2n) is 9.41. The number of sulfone groups is 1.